The summed E-state index contributed by atoms with van der Waals surface area (Å²) in [6.07, 6.45) is -0.426. The molecule has 0 unspecified atom stereocenters. The van der Waals surface area contributed by atoms with Crippen LogP contribution in [0, 0.1) is 0 Å². The average Bonchev–Trinajstić information content (AvgIpc) is 1.89. The van der Waals surface area contributed by atoms with E-state index < -0.39 is 6.10 Å². The van der Waals surface area contributed by atoms with Crippen LogP contribution < -0.4 is 0 Å². The van der Waals surface area contributed by atoms with Gasteiger partial charge in [0.25, 0.3) is 0 Å². The Bertz CT molecular complexity index is 101. The Morgan fingerprint density at radius 2 is 2.00 bits per heavy atom. The molecule has 0 rings (SSSR count). The summed E-state index contributed by atoms with van der Waals surface area (Å²) in [5, 5.41) is 0. The smallest absolute Gasteiger partial charge is 0.334 e. The number of rotatable bonds is 4. The molecule has 0 bridgehead atoms. The van der Waals surface area contributed by atoms with Crippen molar-refractivity contribution in [3.05, 3.63) is 0 Å². The summed E-state index contributed by atoms with van der Waals surface area (Å²) in [5.41, 5.74) is 0. The molecular weight excluding hydrogens is 132 g/mol. The molecule has 0 N–H and O–H groups in total. The maximum absolute atomic E-state index is 10.8. The topological polar surface area (TPSA) is 35.5 Å². The van der Waals surface area contributed by atoms with Gasteiger partial charge in [0.15, 0.2) is 6.10 Å². The van der Waals surface area contributed by atoms with Crippen LogP contribution in [0.2, 0.25) is 0 Å². The first-order valence-electron chi connectivity index (χ1n) is 3.50. The molecule has 60 valence electrons. The minimum atomic E-state index is -0.426. The number of hydrogen-bond acceptors (Lipinski definition) is 3. The van der Waals surface area contributed by atoms with Crippen molar-refractivity contribution in [2.24, 2.45) is 0 Å². The molecule has 0 aliphatic carbocycles. The molecule has 0 amide bonds. The Morgan fingerprint density at radius 3 is 2.40 bits per heavy atom. The third-order valence-electron chi connectivity index (χ3n) is 1.04. The van der Waals surface area contributed by atoms with E-state index in [0.717, 1.165) is 0 Å². The summed E-state index contributed by atoms with van der Waals surface area (Å²) >= 11 is 0. The minimum Gasteiger partial charge on any atom is -0.464 e. The van der Waals surface area contributed by atoms with E-state index in [-0.39, 0.29) is 5.97 Å². The van der Waals surface area contributed by atoms with Crippen LogP contribution in [0.25, 0.3) is 0 Å². The van der Waals surface area contributed by atoms with Gasteiger partial charge in [-0.05, 0) is 20.8 Å². The second-order valence-electron chi connectivity index (χ2n) is 1.85. The van der Waals surface area contributed by atoms with E-state index in [9.17, 15) is 4.79 Å². The van der Waals surface area contributed by atoms with Crippen molar-refractivity contribution >= 4 is 5.97 Å². The van der Waals surface area contributed by atoms with Gasteiger partial charge in [0.1, 0.15) is 0 Å². The lowest BCUT2D eigenvalue weighted by molar-refractivity contribution is -0.155. The maximum atomic E-state index is 10.8. The first-order chi connectivity index (χ1) is 4.72. The molecule has 0 aromatic rings. The predicted octanol–water partition coefficient (Wildman–Crippen LogP) is 0.974. The first kappa shape index (κ1) is 9.43. The SMILES string of the molecule is CCOC(=O)[C@H](C)OCC. The van der Waals surface area contributed by atoms with Crippen molar-refractivity contribution in [2.75, 3.05) is 13.2 Å². The predicted molar refractivity (Wildman–Crippen MR) is 37.7 cm³/mol. The third-order valence-corrected chi connectivity index (χ3v) is 1.04. The molecule has 3 heteroatoms. The van der Waals surface area contributed by atoms with Gasteiger partial charge in [0, 0.05) is 6.61 Å². The van der Waals surface area contributed by atoms with Crippen LogP contribution in [0.5, 0.6) is 0 Å². The van der Waals surface area contributed by atoms with Gasteiger partial charge in [-0.25, -0.2) is 4.79 Å². The molecule has 0 radical (unpaired) electrons. The van der Waals surface area contributed by atoms with Gasteiger partial charge in [-0.3, -0.25) is 0 Å². The summed E-state index contributed by atoms with van der Waals surface area (Å²) in [6.45, 7) is 6.25. The van der Waals surface area contributed by atoms with E-state index in [1.165, 1.54) is 0 Å². The van der Waals surface area contributed by atoms with Gasteiger partial charge >= 0.3 is 5.97 Å². The van der Waals surface area contributed by atoms with Gasteiger partial charge in [-0.15, -0.1) is 0 Å². The zero-order valence-corrected chi connectivity index (χ0v) is 6.72. The zero-order valence-electron chi connectivity index (χ0n) is 6.72. The van der Waals surface area contributed by atoms with Crippen LogP contribution in [-0.2, 0) is 14.3 Å². The van der Waals surface area contributed by atoms with Crippen molar-refractivity contribution < 1.29 is 14.3 Å². The first-order valence-corrected chi connectivity index (χ1v) is 3.50. The van der Waals surface area contributed by atoms with Gasteiger partial charge in [0.05, 0.1) is 6.61 Å². The second-order valence-corrected chi connectivity index (χ2v) is 1.85. The highest BCUT2D eigenvalue weighted by molar-refractivity contribution is 5.74. The monoisotopic (exact) mass is 146 g/mol. The average molecular weight is 146 g/mol. The highest BCUT2D eigenvalue weighted by atomic mass is 16.6. The van der Waals surface area contributed by atoms with Crippen LogP contribution in [0.3, 0.4) is 0 Å². The Morgan fingerprint density at radius 1 is 1.40 bits per heavy atom. The van der Waals surface area contributed by atoms with Gasteiger partial charge in [0.2, 0.25) is 0 Å². The Hall–Kier alpha value is -0.570. The largest absolute Gasteiger partial charge is 0.464 e. The normalized spacial score (nSPS) is 12.7. The van der Waals surface area contributed by atoms with Crippen LogP contribution in [0.1, 0.15) is 20.8 Å². The van der Waals surface area contributed by atoms with Crippen LogP contribution >= 0.6 is 0 Å². The number of carbonyl (C=O) groups is 1. The lowest BCUT2D eigenvalue weighted by atomic mass is 10.4. The van der Waals surface area contributed by atoms with E-state index in [2.05, 4.69) is 0 Å². The summed E-state index contributed by atoms with van der Waals surface area (Å²) in [6, 6.07) is 0. The Labute approximate surface area is 61.3 Å². The van der Waals surface area contributed by atoms with Gasteiger partial charge in [-0.1, -0.05) is 0 Å². The number of ether oxygens (including phenoxy) is 2. The number of hydrogen-bond donors (Lipinski definition) is 0. The van der Waals surface area contributed by atoms with Crippen molar-refractivity contribution in [2.45, 2.75) is 26.9 Å². The van der Waals surface area contributed by atoms with Crippen molar-refractivity contribution in [1.29, 1.82) is 0 Å². The molecule has 0 fully saturated rings. The maximum Gasteiger partial charge on any atom is 0.334 e. The molecule has 0 aliphatic rings. The van der Waals surface area contributed by atoms with E-state index in [1.54, 1.807) is 13.8 Å². The molecule has 0 aromatic heterocycles. The Kier molecular flexibility index (Phi) is 4.94. The lowest BCUT2D eigenvalue weighted by Gasteiger charge is -2.08. The lowest BCUT2D eigenvalue weighted by Crippen LogP contribution is -2.23. The third kappa shape index (κ3) is 3.45. The quantitative estimate of drug-likeness (QED) is 0.554. The molecule has 0 saturated heterocycles. The van der Waals surface area contributed by atoms with E-state index in [4.69, 9.17) is 9.47 Å². The molecule has 0 spiro atoms. The summed E-state index contributed by atoms with van der Waals surface area (Å²) in [7, 11) is 0. The van der Waals surface area contributed by atoms with Crippen molar-refractivity contribution in [1.82, 2.24) is 0 Å². The van der Waals surface area contributed by atoms with Crippen molar-refractivity contribution in [3.8, 4) is 0 Å². The zero-order chi connectivity index (χ0) is 7.98. The van der Waals surface area contributed by atoms with Gasteiger partial charge in [-0.2, -0.15) is 0 Å². The fourth-order valence-electron chi connectivity index (χ4n) is 0.578. The molecule has 0 aliphatic heterocycles. The van der Waals surface area contributed by atoms with Crippen LogP contribution in [-0.4, -0.2) is 25.3 Å². The second kappa shape index (κ2) is 5.23. The molecule has 1 atom stereocenters. The van der Waals surface area contributed by atoms with E-state index in [1.807, 2.05) is 6.92 Å². The molecule has 0 aromatic carbocycles. The van der Waals surface area contributed by atoms with Crippen LogP contribution in [0.4, 0.5) is 0 Å². The van der Waals surface area contributed by atoms with E-state index >= 15 is 0 Å². The standard InChI is InChI=1S/C7H14O3/c1-4-9-6(3)7(8)10-5-2/h6H,4-5H2,1-3H3/t6-/m0/s1. The highest BCUT2D eigenvalue weighted by Crippen LogP contribution is 1.93. The van der Waals surface area contributed by atoms with Crippen molar-refractivity contribution in [3.63, 3.8) is 0 Å². The fourth-order valence-corrected chi connectivity index (χ4v) is 0.578. The van der Waals surface area contributed by atoms with Crippen LogP contribution in [0.15, 0.2) is 0 Å². The summed E-state index contributed by atoms with van der Waals surface area (Å²) < 4.78 is 9.67. The fraction of sp³-hybridized carbons (Fsp3) is 0.857. The Balaban J connectivity index is 3.49. The van der Waals surface area contributed by atoms with Gasteiger partial charge < -0.3 is 9.47 Å². The molecule has 3 nitrogen and oxygen atoms in total. The molecule has 0 heterocycles. The minimum absolute atomic E-state index is 0.288. The summed E-state index contributed by atoms with van der Waals surface area (Å²) in [4.78, 5) is 10.8. The molecule has 10 heavy (non-hydrogen) atoms. The molecular formula is C7H14O3. The molecule has 0 saturated carbocycles. The number of carbonyl (C=O) groups excluding carboxylic acids is 1. The highest BCUT2D eigenvalue weighted by Gasteiger charge is 2.12. The van der Waals surface area contributed by atoms with E-state index in [0.29, 0.717) is 13.2 Å². The number of esters is 1. The summed E-state index contributed by atoms with van der Waals surface area (Å²) in [5.74, 6) is -0.288.